The first-order valence-electron chi connectivity index (χ1n) is 8.53. The number of rotatable bonds is 13. The average molecular weight is 392 g/mol. The summed E-state index contributed by atoms with van der Waals surface area (Å²) in [6.07, 6.45) is 2.81. The number of hydrogen-bond donors (Lipinski definition) is 1. The van der Waals surface area contributed by atoms with Crippen molar-refractivity contribution in [2.75, 3.05) is 19.6 Å². The summed E-state index contributed by atoms with van der Waals surface area (Å²) in [7, 11) is 0. The minimum Gasteiger partial charge on any atom is -0.875 e. The van der Waals surface area contributed by atoms with E-state index in [1.54, 1.807) is 0 Å². The minimum absolute atomic E-state index is 0. The Bertz CT molecular complexity index is 515. The molecule has 0 saturated heterocycles. The Morgan fingerprint density at radius 2 is 1.38 bits per heavy atom. The van der Waals surface area contributed by atoms with Crippen LogP contribution in [0.15, 0.2) is 11.8 Å². The van der Waals surface area contributed by atoms with Gasteiger partial charge in [-0.25, -0.2) is 0 Å². The second-order valence-electron chi connectivity index (χ2n) is 6.17. The fourth-order valence-corrected chi connectivity index (χ4v) is 2.37. The van der Waals surface area contributed by atoms with Crippen LogP contribution in [0.1, 0.15) is 40.5 Å². The van der Waals surface area contributed by atoms with Gasteiger partial charge >= 0.3 is 62.6 Å². The first-order chi connectivity index (χ1) is 12.0. The van der Waals surface area contributed by atoms with Gasteiger partial charge < -0.3 is 30.0 Å². The molecule has 0 heterocycles. The summed E-state index contributed by atoms with van der Waals surface area (Å²) in [5.41, 5.74) is 0. The summed E-state index contributed by atoms with van der Waals surface area (Å²) in [5.74, 6) is -4.29. The van der Waals surface area contributed by atoms with E-state index in [1.807, 2.05) is 6.92 Å². The molecule has 0 aliphatic rings. The summed E-state index contributed by atoms with van der Waals surface area (Å²) in [4.78, 5) is 36.0. The van der Waals surface area contributed by atoms with E-state index in [9.17, 15) is 29.7 Å². The normalized spacial score (nSPS) is 14.1. The Balaban J connectivity index is -0.00000104. The van der Waals surface area contributed by atoms with E-state index in [-0.39, 0.29) is 82.0 Å². The van der Waals surface area contributed by atoms with Crippen molar-refractivity contribution < 1.29 is 91.4 Å². The van der Waals surface area contributed by atoms with Gasteiger partial charge in [0.15, 0.2) is 0 Å². The zero-order chi connectivity index (χ0) is 20.4. The molecule has 0 amide bonds. The maximum absolute atomic E-state index is 11.9. The molecule has 3 unspecified atom stereocenters. The van der Waals surface area contributed by atoms with Crippen LogP contribution in [-0.2, 0) is 14.4 Å². The van der Waals surface area contributed by atoms with E-state index in [1.165, 1.54) is 36.6 Å². The van der Waals surface area contributed by atoms with Crippen LogP contribution in [0.5, 0.6) is 0 Å². The van der Waals surface area contributed by atoms with Crippen molar-refractivity contribution in [2.24, 2.45) is 0 Å². The quantitative estimate of drug-likeness (QED) is 0.238. The van der Waals surface area contributed by atoms with Crippen molar-refractivity contribution >= 4 is 17.9 Å². The summed E-state index contributed by atoms with van der Waals surface area (Å²) < 4.78 is 0. The molecular weight excluding hydrogens is 365 g/mol. The van der Waals surface area contributed by atoms with E-state index >= 15 is 0 Å². The molecule has 150 valence electrons. The van der Waals surface area contributed by atoms with Crippen LogP contribution in [0.25, 0.3) is 0 Å². The third-order valence-corrected chi connectivity index (χ3v) is 4.25. The van der Waals surface area contributed by atoms with Crippen LogP contribution in [0, 0.1) is 0 Å². The molecular formula is C17H27Li3N2O7. The van der Waals surface area contributed by atoms with Gasteiger partial charge in [0.05, 0.1) is 11.9 Å². The minimum atomic E-state index is -1.44. The number of carbonyl (C=O) groups is 3. The third-order valence-electron chi connectivity index (χ3n) is 4.25. The van der Waals surface area contributed by atoms with Crippen molar-refractivity contribution in [1.82, 2.24) is 9.80 Å². The molecule has 0 saturated carbocycles. The van der Waals surface area contributed by atoms with Gasteiger partial charge in [-0.05, 0) is 27.2 Å². The maximum Gasteiger partial charge on any atom is 1.00 e. The summed E-state index contributed by atoms with van der Waals surface area (Å²) >= 11 is 0. The molecule has 3 atom stereocenters. The molecule has 0 aromatic heterocycles. The van der Waals surface area contributed by atoms with Crippen molar-refractivity contribution in [1.29, 1.82) is 0 Å². The van der Waals surface area contributed by atoms with E-state index < -0.39 is 36.0 Å². The summed E-state index contributed by atoms with van der Waals surface area (Å²) in [6.45, 7) is 5.62. The predicted octanol–water partition coefficient (Wildman–Crippen LogP) is -11.6. The fraction of sp³-hybridized carbons (Fsp3) is 0.706. The Morgan fingerprint density at radius 1 is 0.897 bits per heavy atom. The number of aliphatic carboxylic acids is 3. The predicted molar refractivity (Wildman–Crippen MR) is 87.3 cm³/mol. The molecule has 0 aromatic carbocycles. The average Bonchev–Trinajstić information content (AvgIpc) is 2.57. The standard InChI is InChI=1S/C17H30N2O7.3Li/c1-5-6-7-14(20)10-18(11(2)15(21)22)8-9-19(12(3)16(23)24)13(4)17(25)26;;;/h7,11-13,20H,5-6,8-10H2,1-4H3,(H,21,22)(H,23,24)(H,25,26);;;/q;3*+1/p-3/b14-7-;;;. The largest absolute Gasteiger partial charge is 1.00 e. The number of allylic oxidation sites excluding steroid dienone is 1. The summed E-state index contributed by atoms with van der Waals surface area (Å²) in [5, 5.41) is 43.4. The first-order valence-corrected chi connectivity index (χ1v) is 8.53. The zero-order valence-electron chi connectivity index (χ0n) is 18.6. The molecule has 0 aliphatic heterocycles. The molecule has 12 heteroatoms. The smallest absolute Gasteiger partial charge is 0.875 e. The number of carboxylic acids is 3. The van der Waals surface area contributed by atoms with Crippen molar-refractivity contribution in [3.05, 3.63) is 11.8 Å². The van der Waals surface area contributed by atoms with E-state index in [0.717, 1.165) is 6.42 Å². The van der Waals surface area contributed by atoms with Gasteiger partial charge in [-0.2, -0.15) is 0 Å². The fourth-order valence-electron chi connectivity index (χ4n) is 2.37. The van der Waals surface area contributed by atoms with Crippen LogP contribution in [0.3, 0.4) is 0 Å². The Kier molecular flexibility index (Phi) is 22.9. The molecule has 0 fully saturated rings. The van der Waals surface area contributed by atoms with Crippen LogP contribution in [0.4, 0.5) is 0 Å². The second kappa shape index (κ2) is 18.4. The number of carbonyl (C=O) groups excluding carboxylic acids is 2. The number of unbranched alkanes of at least 4 members (excludes halogenated alkanes) is 1. The molecule has 0 aromatic rings. The molecule has 0 rings (SSSR count). The third kappa shape index (κ3) is 13.6. The van der Waals surface area contributed by atoms with Crippen molar-refractivity contribution in [3.8, 4) is 0 Å². The molecule has 1 N–H and O–H groups in total. The van der Waals surface area contributed by atoms with Gasteiger partial charge in [-0.1, -0.05) is 19.4 Å². The van der Waals surface area contributed by atoms with E-state index in [2.05, 4.69) is 0 Å². The monoisotopic (exact) mass is 392 g/mol. The molecule has 0 aliphatic carbocycles. The van der Waals surface area contributed by atoms with Gasteiger partial charge in [0.1, 0.15) is 6.04 Å². The van der Waals surface area contributed by atoms with Gasteiger partial charge in [-0.15, -0.1) is 5.76 Å². The molecule has 0 bridgehead atoms. The van der Waals surface area contributed by atoms with Crippen molar-refractivity contribution in [3.63, 3.8) is 0 Å². The maximum atomic E-state index is 11.9. The van der Waals surface area contributed by atoms with Crippen molar-refractivity contribution in [2.45, 2.75) is 58.7 Å². The number of carboxylic acid groups (broad SMARTS) is 3. The number of nitrogens with zero attached hydrogens (tertiary/aromatic N) is 2. The van der Waals surface area contributed by atoms with Gasteiger partial charge in [0, 0.05) is 31.7 Å². The van der Waals surface area contributed by atoms with Gasteiger partial charge in [0.2, 0.25) is 0 Å². The Hall–Kier alpha value is -0.338. The Morgan fingerprint density at radius 3 is 1.76 bits per heavy atom. The summed E-state index contributed by atoms with van der Waals surface area (Å²) in [6, 6.07) is -3.40. The molecule has 0 radical (unpaired) electrons. The van der Waals surface area contributed by atoms with Gasteiger partial charge in [0.25, 0.3) is 0 Å². The molecule has 0 spiro atoms. The zero-order valence-corrected chi connectivity index (χ0v) is 18.6. The topological polar surface area (TPSA) is 147 Å². The molecule has 29 heavy (non-hydrogen) atoms. The van der Waals surface area contributed by atoms with Crippen LogP contribution in [-0.4, -0.2) is 70.6 Å². The molecule has 9 nitrogen and oxygen atoms in total. The second-order valence-corrected chi connectivity index (χ2v) is 6.17. The van der Waals surface area contributed by atoms with Gasteiger partial charge in [-0.3, -0.25) is 14.6 Å². The van der Waals surface area contributed by atoms with E-state index in [4.69, 9.17) is 5.11 Å². The first kappa shape index (κ1) is 36.1. The van der Waals surface area contributed by atoms with Crippen LogP contribution < -0.4 is 71.9 Å². The number of hydrogen-bond acceptors (Lipinski definition) is 8. The van der Waals surface area contributed by atoms with E-state index in [0.29, 0.717) is 6.42 Å². The van der Waals surface area contributed by atoms with Crippen LogP contribution in [0.2, 0.25) is 0 Å². The Labute approximate surface area is 208 Å². The van der Waals surface area contributed by atoms with Crippen LogP contribution >= 0.6 is 0 Å². The SMILES string of the molecule is CCC/C=C(\[O-])CN(CCN(C(C)C(=O)[O-])C(C)C(=O)O)C(C)C(=O)[O-].[Li+].[Li+].[Li+].